The summed E-state index contributed by atoms with van der Waals surface area (Å²) >= 11 is 0. The van der Waals surface area contributed by atoms with Crippen LogP contribution in [0.25, 0.3) is 10.9 Å². The van der Waals surface area contributed by atoms with Crippen LogP contribution >= 0.6 is 0 Å². The van der Waals surface area contributed by atoms with Gasteiger partial charge in [0.15, 0.2) is 0 Å². The summed E-state index contributed by atoms with van der Waals surface area (Å²) in [6, 6.07) is 7.28. The Morgan fingerprint density at radius 3 is 2.82 bits per heavy atom. The quantitative estimate of drug-likeness (QED) is 0.805. The molecule has 118 valence electrons. The highest BCUT2D eigenvalue weighted by Crippen LogP contribution is 2.21. The van der Waals surface area contributed by atoms with Gasteiger partial charge in [-0.3, -0.25) is 0 Å². The number of rotatable bonds is 6. The van der Waals surface area contributed by atoms with Crippen molar-refractivity contribution in [3.63, 3.8) is 0 Å². The predicted octanol–water partition coefficient (Wildman–Crippen LogP) is 3.12. The number of hydrogen-bond donors (Lipinski definition) is 2. The maximum atomic E-state index is 10.9. The third-order valence-electron chi connectivity index (χ3n) is 4.16. The van der Waals surface area contributed by atoms with Crippen LogP contribution in [0.3, 0.4) is 0 Å². The number of hydrogen-bond acceptors (Lipinski definition) is 3. The maximum absolute atomic E-state index is 10.9. The normalized spacial score (nSPS) is 16.0. The molecule has 2 N–H and O–H groups in total. The van der Waals surface area contributed by atoms with E-state index in [2.05, 4.69) is 9.88 Å². The highest BCUT2D eigenvalue weighted by molar-refractivity contribution is 5.94. The monoisotopic (exact) mass is 302 g/mol. The molecule has 3 rings (SSSR count). The fourth-order valence-corrected chi connectivity index (χ4v) is 2.97. The second kappa shape index (κ2) is 6.83. The first-order valence-electron chi connectivity index (χ1n) is 7.93. The lowest BCUT2D eigenvalue weighted by molar-refractivity contribution is 0.0691. The average molecular weight is 302 g/mol. The molecule has 1 aromatic heterocycles. The van der Waals surface area contributed by atoms with E-state index in [9.17, 15) is 4.79 Å². The summed E-state index contributed by atoms with van der Waals surface area (Å²) in [7, 11) is 0. The van der Waals surface area contributed by atoms with Crippen molar-refractivity contribution in [1.82, 2.24) is 9.88 Å². The molecule has 1 aliphatic heterocycles. The van der Waals surface area contributed by atoms with Gasteiger partial charge in [-0.05, 0) is 50.6 Å². The van der Waals surface area contributed by atoms with Gasteiger partial charge in [-0.1, -0.05) is 6.42 Å². The SMILES string of the molecule is O=C(O)c1cc2ccc(OCCCN3CCCCC3)cc2[nH]1. The van der Waals surface area contributed by atoms with Gasteiger partial charge in [0.2, 0.25) is 0 Å². The second-order valence-corrected chi connectivity index (χ2v) is 5.84. The molecule has 0 amide bonds. The highest BCUT2D eigenvalue weighted by atomic mass is 16.5. The summed E-state index contributed by atoms with van der Waals surface area (Å²) in [4.78, 5) is 16.3. The molecule has 1 fully saturated rings. The Balaban J connectivity index is 1.51. The van der Waals surface area contributed by atoms with E-state index in [4.69, 9.17) is 9.84 Å². The minimum atomic E-state index is -0.944. The molecule has 1 saturated heterocycles. The number of nitrogens with one attached hydrogen (secondary N) is 1. The number of likely N-dealkylation sites (tertiary alicyclic amines) is 1. The molecule has 0 spiro atoms. The van der Waals surface area contributed by atoms with Crippen LogP contribution in [0.1, 0.15) is 36.2 Å². The van der Waals surface area contributed by atoms with Crippen molar-refractivity contribution in [2.45, 2.75) is 25.7 Å². The molecule has 0 radical (unpaired) electrons. The molecule has 1 aromatic carbocycles. The first kappa shape index (κ1) is 14.9. The molecule has 5 nitrogen and oxygen atoms in total. The van der Waals surface area contributed by atoms with E-state index in [1.165, 1.54) is 32.4 Å². The Hall–Kier alpha value is -2.01. The van der Waals surface area contributed by atoms with E-state index in [0.29, 0.717) is 6.61 Å². The van der Waals surface area contributed by atoms with Crippen molar-refractivity contribution in [2.24, 2.45) is 0 Å². The number of nitrogens with zero attached hydrogens (tertiary/aromatic N) is 1. The zero-order valence-corrected chi connectivity index (χ0v) is 12.7. The van der Waals surface area contributed by atoms with E-state index in [1.54, 1.807) is 6.07 Å². The summed E-state index contributed by atoms with van der Waals surface area (Å²) < 4.78 is 5.78. The van der Waals surface area contributed by atoms with E-state index >= 15 is 0 Å². The average Bonchev–Trinajstić information content (AvgIpc) is 2.96. The van der Waals surface area contributed by atoms with Gasteiger partial charge in [-0.2, -0.15) is 0 Å². The van der Waals surface area contributed by atoms with E-state index in [0.717, 1.165) is 29.6 Å². The van der Waals surface area contributed by atoms with Crippen molar-refractivity contribution < 1.29 is 14.6 Å². The van der Waals surface area contributed by atoms with Crippen LogP contribution in [0.5, 0.6) is 5.75 Å². The number of ether oxygens (including phenoxy) is 1. The van der Waals surface area contributed by atoms with Crippen molar-refractivity contribution in [2.75, 3.05) is 26.2 Å². The van der Waals surface area contributed by atoms with Crippen LogP contribution < -0.4 is 4.74 Å². The van der Waals surface area contributed by atoms with E-state index in [-0.39, 0.29) is 5.69 Å². The zero-order chi connectivity index (χ0) is 15.4. The van der Waals surface area contributed by atoms with E-state index in [1.807, 2.05) is 18.2 Å². The minimum absolute atomic E-state index is 0.206. The third kappa shape index (κ3) is 3.60. The third-order valence-corrected chi connectivity index (χ3v) is 4.16. The number of piperidine rings is 1. The molecular weight excluding hydrogens is 280 g/mol. The number of benzene rings is 1. The van der Waals surface area contributed by atoms with Crippen LogP contribution in [-0.2, 0) is 0 Å². The van der Waals surface area contributed by atoms with Gasteiger partial charge in [-0.25, -0.2) is 4.79 Å². The number of aromatic carboxylic acids is 1. The Bertz CT molecular complexity index is 644. The topological polar surface area (TPSA) is 65.6 Å². The number of fused-ring (bicyclic) bond motifs is 1. The first-order chi connectivity index (χ1) is 10.7. The molecule has 0 atom stereocenters. The van der Waals surface area contributed by atoms with Gasteiger partial charge in [0.25, 0.3) is 0 Å². The van der Waals surface area contributed by atoms with Crippen LogP contribution in [0.15, 0.2) is 24.3 Å². The summed E-state index contributed by atoms with van der Waals surface area (Å²) in [6.45, 7) is 4.21. The van der Waals surface area contributed by atoms with Gasteiger partial charge < -0.3 is 19.7 Å². The predicted molar refractivity (Wildman–Crippen MR) is 85.7 cm³/mol. The molecule has 0 bridgehead atoms. The molecule has 2 heterocycles. The summed E-state index contributed by atoms with van der Waals surface area (Å²) in [5.74, 6) is -0.162. The van der Waals surface area contributed by atoms with Crippen LogP contribution in [0.4, 0.5) is 0 Å². The molecule has 22 heavy (non-hydrogen) atoms. The lowest BCUT2D eigenvalue weighted by Crippen LogP contribution is -2.31. The number of carbonyl (C=O) groups is 1. The zero-order valence-electron chi connectivity index (χ0n) is 12.7. The molecule has 5 heteroatoms. The fraction of sp³-hybridized carbons (Fsp3) is 0.471. The Kier molecular flexibility index (Phi) is 4.63. The van der Waals surface area contributed by atoms with Gasteiger partial charge in [0, 0.05) is 23.5 Å². The smallest absolute Gasteiger partial charge is 0.352 e. The molecule has 0 unspecified atom stereocenters. The van der Waals surface area contributed by atoms with Crippen LogP contribution in [0, 0.1) is 0 Å². The first-order valence-corrected chi connectivity index (χ1v) is 7.93. The van der Waals surface area contributed by atoms with Crippen LogP contribution in [-0.4, -0.2) is 47.2 Å². The van der Waals surface area contributed by atoms with Crippen molar-refractivity contribution >= 4 is 16.9 Å². The molecule has 1 aliphatic rings. The number of carboxylic acids is 1. The number of H-pyrrole nitrogens is 1. The van der Waals surface area contributed by atoms with E-state index < -0.39 is 5.97 Å². The number of carboxylic acid groups (broad SMARTS) is 1. The Morgan fingerprint density at radius 1 is 1.23 bits per heavy atom. The van der Waals surface area contributed by atoms with Crippen molar-refractivity contribution in [1.29, 1.82) is 0 Å². The summed E-state index contributed by atoms with van der Waals surface area (Å²) in [5.41, 5.74) is 1.00. The van der Waals surface area contributed by atoms with Crippen molar-refractivity contribution in [3.8, 4) is 5.75 Å². The fourth-order valence-electron chi connectivity index (χ4n) is 2.97. The standard InChI is InChI=1S/C17H22N2O3/c20-17(21)16-11-13-5-6-14(12-15(13)18-16)22-10-4-9-19-7-2-1-3-8-19/h5-6,11-12,18H,1-4,7-10H2,(H,20,21). The molecular formula is C17H22N2O3. The number of aromatic amines is 1. The second-order valence-electron chi connectivity index (χ2n) is 5.84. The highest BCUT2D eigenvalue weighted by Gasteiger charge is 2.10. The Labute approximate surface area is 129 Å². The lowest BCUT2D eigenvalue weighted by Gasteiger charge is -2.26. The Morgan fingerprint density at radius 2 is 2.05 bits per heavy atom. The molecule has 0 saturated carbocycles. The lowest BCUT2D eigenvalue weighted by atomic mass is 10.1. The van der Waals surface area contributed by atoms with Crippen molar-refractivity contribution in [3.05, 3.63) is 30.0 Å². The number of aromatic nitrogens is 1. The largest absolute Gasteiger partial charge is 0.493 e. The molecule has 0 aliphatic carbocycles. The minimum Gasteiger partial charge on any atom is -0.493 e. The van der Waals surface area contributed by atoms with Gasteiger partial charge in [0.05, 0.1) is 6.61 Å². The van der Waals surface area contributed by atoms with Gasteiger partial charge in [-0.15, -0.1) is 0 Å². The summed E-state index contributed by atoms with van der Waals surface area (Å²) in [5, 5.41) is 9.87. The van der Waals surface area contributed by atoms with Gasteiger partial charge in [0.1, 0.15) is 11.4 Å². The van der Waals surface area contributed by atoms with Gasteiger partial charge >= 0.3 is 5.97 Å². The maximum Gasteiger partial charge on any atom is 0.352 e. The molecule has 2 aromatic rings. The van der Waals surface area contributed by atoms with Crippen LogP contribution in [0.2, 0.25) is 0 Å². The summed E-state index contributed by atoms with van der Waals surface area (Å²) in [6.07, 6.45) is 5.01.